The first-order valence-corrected chi connectivity index (χ1v) is 6.79. The Morgan fingerprint density at radius 1 is 1.25 bits per heavy atom. The molecule has 1 aliphatic heterocycles. The summed E-state index contributed by atoms with van der Waals surface area (Å²) in [7, 11) is 0. The normalized spacial score (nSPS) is 19.5. The van der Waals surface area contributed by atoms with E-state index in [0.29, 0.717) is 5.92 Å². The van der Waals surface area contributed by atoms with Gasteiger partial charge in [0.2, 0.25) is 0 Å². The highest BCUT2D eigenvalue weighted by Gasteiger charge is 2.10. The van der Waals surface area contributed by atoms with Crippen molar-refractivity contribution in [3.05, 3.63) is 0 Å². The van der Waals surface area contributed by atoms with Gasteiger partial charge in [0, 0.05) is 6.54 Å². The zero-order valence-corrected chi connectivity index (χ0v) is 10.9. The lowest BCUT2D eigenvalue weighted by atomic mass is 10.1. The van der Waals surface area contributed by atoms with Gasteiger partial charge in [-0.15, -0.1) is 0 Å². The van der Waals surface area contributed by atoms with Gasteiger partial charge in [0.15, 0.2) is 0 Å². The quantitative estimate of drug-likeness (QED) is 0.618. The van der Waals surface area contributed by atoms with E-state index in [2.05, 4.69) is 24.1 Å². The second-order valence-corrected chi connectivity index (χ2v) is 5.39. The number of nitrogens with one attached hydrogen (secondary N) is 1. The number of nitrogens with zero attached hydrogens (tertiary/aromatic N) is 1. The maximum absolute atomic E-state index is 9.66. The van der Waals surface area contributed by atoms with Crippen LogP contribution in [0.25, 0.3) is 0 Å². The van der Waals surface area contributed by atoms with Gasteiger partial charge in [0.05, 0.1) is 6.10 Å². The van der Waals surface area contributed by atoms with E-state index in [0.717, 1.165) is 19.5 Å². The maximum atomic E-state index is 9.66. The molecule has 0 aliphatic carbocycles. The molecular weight excluding hydrogens is 200 g/mol. The van der Waals surface area contributed by atoms with Gasteiger partial charge in [-0.1, -0.05) is 13.8 Å². The number of aliphatic hydroxyl groups excluding tert-OH is 1. The number of likely N-dealkylation sites (tertiary alicyclic amines) is 1. The molecule has 1 atom stereocenters. The van der Waals surface area contributed by atoms with Crippen molar-refractivity contribution in [3.63, 3.8) is 0 Å². The molecule has 1 unspecified atom stereocenters. The lowest BCUT2D eigenvalue weighted by Gasteiger charge is -2.16. The number of hydrogen-bond acceptors (Lipinski definition) is 3. The van der Waals surface area contributed by atoms with Crippen LogP contribution in [0.15, 0.2) is 0 Å². The van der Waals surface area contributed by atoms with Crippen LogP contribution >= 0.6 is 0 Å². The van der Waals surface area contributed by atoms with Crippen molar-refractivity contribution in [2.45, 2.75) is 45.6 Å². The Morgan fingerprint density at radius 3 is 2.56 bits per heavy atom. The summed E-state index contributed by atoms with van der Waals surface area (Å²) in [5.41, 5.74) is 0. The second-order valence-electron chi connectivity index (χ2n) is 5.39. The van der Waals surface area contributed by atoms with Gasteiger partial charge in [0.1, 0.15) is 0 Å². The van der Waals surface area contributed by atoms with Crippen molar-refractivity contribution < 1.29 is 5.11 Å². The van der Waals surface area contributed by atoms with Crippen molar-refractivity contribution in [1.29, 1.82) is 0 Å². The number of aliphatic hydroxyl groups is 1. The standard InChI is InChI=1S/C13H28N2O/c1-12(2)10-13(16)11-14-6-5-9-15-7-3-4-8-15/h12-14,16H,3-11H2,1-2H3. The molecule has 0 aromatic carbocycles. The fraction of sp³-hybridized carbons (Fsp3) is 1.00. The van der Waals surface area contributed by atoms with Crippen LogP contribution in [0, 0.1) is 5.92 Å². The predicted octanol–water partition coefficient (Wildman–Crippen LogP) is 1.47. The Labute approximate surface area is 100 Å². The third-order valence-corrected chi connectivity index (χ3v) is 3.15. The first-order valence-electron chi connectivity index (χ1n) is 6.79. The van der Waals surface area contributed by atoms with Crippen molar-refractivity contribution in [2.75, 3.05) is 32.7 Å². The molecule has 1 heterocycles. The molecule has 1 saturated heterocycles. The van der Waals surface area contributed by atoms with E-state index in [1.807, 2.05) is 0 Å². The highest BCUT2D eigenvalue weighted by Crippen LogP contribution is 2.07. The Morgan fingerprint density at radius 2 is 1.94 bits per heavy atom. The summed E-state index contributed by atoms with van der Waals surface area (Å²) in [4.78, 5) is 2.53. The Hall–Kier alpha value is -0.120. The molecule has 0 saturated carbocycles. The molecule has 96 valence electrons. The van der Waals surface area contributed by atoms with Gasteiger partial charge >= 0.3 is 0 Å². The topological polar surface area (TPSA) is 35.5 Å². The molecule has 1 aliphatic rings. The van der Waals surface area contributed by atoms with E-state index in [4.69, 9.17) is 0 Å². The van der Waals surface area contributed by atoms with Crippen molar-refractivity contribution >= 4 is 0 Å². The van der Waals surface area contributed by atoms with E-state index in [1.54, 1.807) is 0 Å². The van der Waals surface area contributed by atoms with Gasteiger partial charge in [-0.2, -0.15) is 0 Å². The van der Waals surface area contributed by atoms with Crippen LogP contribution in [0.4, 0.5) is 0 Å². The zero-order valence-electron chi connectivity index (χ0n) is 10.9. The first kappa shape index (κ1) is 13.9. The van der Waals surface area contributed by atoms with Crippen LogP contribution in [0.5, 0.6) is 0 Å². The molecule has 0 aromatic rings. The number of rotatable bonds is 8. The summed E-state index contributed by atoms with van der Waals surface area (Å²) in [6, 6.07) is 0. The summed E-state index contributed by atoms with van der Waals surface area (Å²) in [5, 5.41) is 13.0. The highest BCUT2D eigenvalue weighted by atomic mass is 16.3. The second kappa shape index (κ2) is 8.04. The van der Waals surface area contributed by atoms with Crippen molar-refractivity contribution in [2.24, 2.45) is 5.92 Å². The van der Waals surface area contributed by atoms with Crippen molar-refractivity contribution in [1.82, 2.24) is 10.2 Å². The van der Waals surface area contributed by atoms with Crippen LogP contribution in [-0.4, -0.2) is 48.8 Å². The minimum absolute atomic E-state index is 0.174. The summed E-state index contributed by atoms with van der Waals surface area (Å²) in [6.45, 7) is 9.87. The molecule has 3 nitrogen and oxygen atoms in total. The van der Waals surface area contributed by atoms with Gasteiger partial charge < -0.3 is 15.3 Å². The molecule has 0 amide bonds. The Bertz CT molecular complexity index is 167. The average molecular weight is 228 g/mol. The van der Waals surface area contributed by atoms with Gasteiger partial charge in [-0.3, -0.25) is 0 Å². The minimum Gasteiger partial charge on any atom is -0.392 e. The molecule has 3 heteroatoms. The fourth-order valence-corrected chi connectivity index (χ4v) is 2.33. The molecule has 2 N–H and O–H groups in total. The first-order chi connectivity index (χ1) is 7.68. The molecule has 1 rings (SSSR count). The van der Waals surface area contributed by atoms with Gasteiger partial charge in [-0.05, 0) is 57.8 Å². The van der Waals surface area contributed by atoms with E-state index < -0.39 is 0 Å². The summed E-state index contributed by atoms with van der Waals surface area (Å²) < 4.78 is 0. The van der Waals surface area contributed by atoms with Crippen LogP contribution < -0.4 is 5.32 Å². The Balaban J connectivity index is 1.87. The van der Waals surface area contributed by atoms with E-state index in [9.17, 15) is 5.11 Å². The van der Waals surface area contributed by atoms with E-state index in [-0.39, 0.29) is 6.10 Å². The molecule has 1 fully saturated rings. The predicted molar refractivity (Wildman–Crippen MR) is 68.6 cm³/mol. The lowest BCUT2D eigenvalue weighted by molar-refractivity contribution is 0.146. The average Bonchev–Trinajstić information content (AvgIpc) is 2.68. The fourth-order valence-electron chi connectivity index (χ4n) is 2.33. The molecule has 0 radical (unpaired) electrons. The van der Waals surface area contributed by atoms with Gasteiger partial charge in [-0.25, -0.2) is 0 Å². The summed E-state index contributed by atoms with van der Waals surface area (Å²) in [6.07, 6.45) is 4.68. The maximum Gasteiger partial charge on any atom is 0.0667 e. The molecular formula is C13H28N2O. The van der Waals surface area contributed by atoms with Crippen LogP contribution in [0.1, 0.15) is 39.5 Å². The molecule has 0 aromatic heterocycles. The van der Waals surface area contributed by atoms with E-state index >= 15 is 0 Å². The largest absolute Gasteiger partial charge is 0.392 e. The smallest absolute Gasteiger partial charge is 0.0667 e. The van der Waals surface area contributed by atoms with Gasteiger partial charge in [0.25, 0.3) is 0 Å². The van der Waals surface area contributed by atoms with Crippen LogP contribution in [-0.2, 0) is 0 Å². The monoisotopic (exact) mass is 228 g/mol. The van der Waals surface area contributed by atoms with Crippen LogP contribution in [0.3, 0.4) is 0 Å². The minimum atomic E-state index is -0.174. The van der Waals surface area contributed by atoms with Crippen LogP contribution in [0.2, 0.25) is 0 Å². The number of hydrogen-bond donors (Lipinski definition) is 2. The third kappa shape index (κ3) is 6.46. The van der Waals surface area contributed by atoms with E-state index in [1.165, 1.54) is 38.9 Å². The zero-order chi connectivity index (χ0) is 11.8. The van der Waals surface area contributed by atoms with Crippen molar-refractivity contribution in [3.8, 4) is 0 Å². The molecule has 0 bridgehead atoms. The summed E-state index contributed by atoms with van der Waals surface area (Å²) in [5.74, 6) is 0.585. The third-order valence-electron chi connectivity index (χ3n) is 3.15. The molecule has 0 spiro atoms. The summed E-state index contributed by atoms with van der Waals surface area (Å²) >= 11 is 0. The molecule has 16 heavy (non-hydrogen) atoms. The Kier molecular flexibility index (Phi) is 7.01. The lowest BCUT2D eigenvalue weighted by Crippen LogP contribution is -2.30. The highest BCUT2D eigenvalue weighted by molar-refractivity contribution is 4.67. The SMILES string of the molecule is CC(C)CC(O)CNCCCN1CCCC1.